The summed E-state index contributed by atoms with van der Waals surface area (Å²) in [5.41, 5.74) is 6.07. The highest BCUT2D eigenvalue weighted by Crippen LogP contribution is 2.51. The molecule has 6 N–H and O–H groups in total. The molecule has 10 unspecified atom stereocenters. The van der Waals surface area contributed by atoms with Crippen LogP contribution < -0.4 is 10.8 Å². The SMILES string of the molecule is CN=CN(C)C1OC2CNP(=O)(O)OC3C(COP(=O)(O)OC1C2O)OC(n1cnc2c(N)ncnc21)C3F. The first kappa shape index (κ1) is 28.4. The van der Waals surface area contributed by atoms with Gasteiger partial charge in [0.25, 0.3) is 0 Å². The number of nitrogens with zero attached hydrogens (tertiary/aromatic N) is 6. The van der Waals surface area contributed by atoms with Gasteiger partial charge in [-0.25, -0.2) is 33.6 Å². The van der Waals surface area contributed by atoms with Crippen LogP contribution in [0.5, 0.6) is 0 Å². The van der Waals surface area contributed by atoms with Crippen molar-refractivity contribution in [2.75, 3.05) is 33.0 Å². The van der Waals surface area contributed by atoms with E-state index in [1.165, 1.54) is 36.2 Å². The number of hydrogen-bond donors (Lipinski definition) is 5. The second-order valence-corrected chi connectivity index (χ2v) is 11.9. The van der Waals surface area contributed by atoms with Crippen molar-refractivity contribution in [2.45, 2.75) is 49.1 Å². The molecule has 0 aliphatic carbocycles. The van der Waals surface area contributed by atoms with Crippen molar-refractivity contribution in [3.05, 3.63) is 12.7 Å². The zero-order valence-corrected chi connectivity index (χ0v) is 22.3. The Morgan fingerprint density at radius 3 is 2.74 bits per heavy atom. The Morgan fingerprint density at radius 1 is 1.23 bits per heavy atom. The third kappa shape index (κ3) is 5.57. The Balaban J connectivity index is 1.44. The molecule has 39 heavy (non-hydrogen) atoms. The van der Waals surface area contributed by atoms with Gasteiger partial charge in [0.15, 0.2) is 30.1 Å². The number of likely N-dealkylation sites (N-methyl/N-ethyl adjacent to an activating group) is 1. The monoisotopic (exact) mass is 596 g/mol. The summed E-state index contributed by atoms with van der Waals surface area (Å²) in [6, 6.07) is 0. The summed E-state index contributed by atoms with van der Waals surface area (Å²) in [4.78, 5) is 38.0. The third-order valence-corrected chi connectivity index (χ3v) is 8.45. The number of aliphatic imine (C=N–C) groups is 1. The number of imidazole rings is 1. The van der Waals surface area contributed by atoms with Gasteiger partial charge in [0.2, 0.25) is 0 Å². The van der Waals surface area contributed by atoms with Gasteiger partial charge < -0.3 is 35.0 Å². The zero-order chi connectivity index (χ0) is 28.1. The number of alkyl halides is 1. The van der Waals surface area contributed by atoms with Gasteiger partial charge in [0.05, 0.1) is 19.3 Å². The van der Waals surface area contributed by atoms with Crippen molar-refractivity contribution in [3.63, 3.8) is 0 Å². The lowest BCUT2D eigenvalue weighted by Crippen LogP contribution is -2.43. The number of anilines is 1. The second-order valence-electron chi connectivity index (χ2n) is 8.97. The van der Waals surface area contributed by atoms with Gasteiger partial charge in [-0.1, -0.05) is 0 Å². The number of halogens is 1. The van der Waals surface area contributed by atoms with Crippen molar-refractivity contribution in [1.29, 1.82) is 0 Å². The number of phosphoric ester groups is 1. The van der Waals surface area contributed by atoms with Crippen LogP contribution in [0.4, 0.5) is 10.2 Å². The van der Waals surface area contributed by atoms with Crippen molar-refractivity contribution in [1.82, 2.24) is 29.5 Å². The fourth-order valence-electron chi connectivity index (χ4n) is 4.57. The van der Waals surface area contributed by atoms with Crippen LogP contribution in [-0.4, -0.2) is 116 Å². The average molecular weight is 596 g/mol. The van der Waals surface area contributed by atoms with Gasteiger partial charge in [-0.15, -0.1) is 0 Å². The Kier molecular flexibility index (Phi) is 7.77. The lowest BCUT2D eigenvalue weighted by molar-refractivity contribution is -0.0627. The van der Waals surface area contributed by atoms with Crippen LogP contribution in [0.2, 0.25) is 0 Å². The number of rotatable bonds is 3. The molecule has 18 nitrogen and oxygen atoms in total. The van der Waals surface area contributed by atoms with E-state index in [0.717, 1.165) is 6.33 Å². The van der Waals surface area contributed by atoms with Crippen LogP contribution in [0.25, 0.3) is 11.2 Å². The Bertz CT molecular complexity index is 1340. The Labute approximate surface area is 220 Å². The normalized spacial score (nSPS) is 41.7. The maximum absolute atomic E-state index is 15.8. The molecule has 5 heterocycles. The third-order valence-electron chi connectivity index (χ3n) is 6.35. The largest absolute Gasteiger partial charge is 0.472 e. The number of aliphatic hydroxyl groups excluding tert-OH is 1. The molecule has 2 bridgehead atoms. The molecular weight excluding hydrogens is 569 g/mol. The van der Waals surface area contributed by atoms with E-state index in [1.54, 1.807) is 0 Å². The van der Waals surface area contributed by atoms with E-state index in [9.17, 15) is 24.0 Å². The molecule has 3 saturated heterocycles. The molecule has 3 fully saturated rings. The van der Waals surface area contributed by atoms with Crippen LogP contribution in [0.15, 0.2) is 17.6 Å². The molecule has 5 rings (SSSR count). The fourth-order valence-corrected chi connectivity index (χ4v) is 6.57. The number of ether oxygens (including phenoxy) is 2. The molecule has 0 saturated carbocycles. The smallest absolute Gasteiger partial charge is 0.387 e. The minimum atomic E-state index is -4.94. The highest BCUT2D eigenvalue weighted by Gasteiger charge is 2.54. The maximum Gasteiger partial charge on any atom is 0.472 e. The molecule has 3 aliphatic rings. The summed E-state index contributed by atoms with van der Waals surface area (Å²) >= 11 is 0. The lowest BCUT2D eigenvalue weighted by Gasteiger charge is -2.29. The minimum Gasteiger partial charge on any atom is -0.387 e. The first-order valence-corrected chi connectivity index (χ1v) is 14.6. The van der Waals surface area contributed by atoms with E-state index < -0.39 is 77.9 Å². The van der Waals surface area contributed by atoms with E-state index in [4.69, 9.17) is 28.8 Å². The van der Waals surface area contributed by atoms with E-state index in [1.807, 2.05) is 0 Å². The highest BCUT2D eigenvalue weighted by molar-refractivity contribution is 7.50. The van der Waals surface area contributed by atoms with Gasteiger partial charge in [0.1, 0.15) is 42.4 Å². The molecule has 21 heteroatoms. The number of aliphatic hydroxyl groups is 1. The summed E-state index contributed by atoms with van der Waals surface area (Å²) in [6.45, 7) is -1.27. The summed E-state index contributed by atoms with van der Waals surface area (Å²) in [7, 11) is -6.72. The maximum atomic E-state index is 15.8. The molecule has 0 amide bonds. The predicted octanol–water partition coefficient (Wildman–Crippen LogP) is -1.09. The highest BCUT2D eigenvalue weighted by atomic mass is 31.2. The van der Waals surface area contributed by atoms with Crippen LogP contribution in [0, 0.1) is 0 Å². The second kappa shape index (κ2) is 10.7. The van der Waals surface area contributed by atoms with Crippen molar-refractivity contribution in [2.24, 2.45) is 4.99 Å². The lowest BCUT2D eigenvalue weighted by atomic mass is 10.1. The molecule has 0 radical (unpaired) electrons. The fraction of sp³-hybridized carbons (Fsp3) is 0.667. The molecular formula is C18H27FN8O10P2. The molecule has 216 valence electrons. The molecule has 10 atom stereocenters. The van der Waals surface area contributed by atoms with Crippen molar-refractivity contribution in [3.8, 4) is 0 Å². The first-order valence-electron chi connectivity index (χ1n) is 11.5. The molecule has 3 aliphatic heterocycles. The number of fused-ring (bicyclic) bond motifs is 4. The summed E-state index contributed by atoms with van der Waals surface area (Å²) in [5, 5.41) is 13.0. The number of hydrogen-bond acceptors (Lipinski definition) is 13. The van der Waals surface area contributed by atoms with E-state index in [-0.39, 0.29) is 17.0 Å². The molecule has 2 aromatic rings. The van der Waals surface area contributed by atoms with Crippen LogP contribution in [0.3, 0.4) is 0 Å². The zero-order valence-electron chi connectivity index (χ0n) is 20.5. The van der Waals surface area contributed by atoms with Gasteiger partial charge in [-0.05, 0) is 0 Å². The number of aromatic nitrogens is 4. The summed E-state index contributed by atoms with van der Waals surface area (Å²) in [6.07, 6.45) is -8.51. The summed E-state index contributed by atoms with van der Waals surface area (Å²) < 4.78 is 69.7. The number of phosphoric acid groups is 1. The van der Waals surface area contributed by atoms with Gasteiger partial charge in [-0.3, -0.25) is 23.1 Å². The number of nitrogen functional groups attached to an aromatic ring is 1. The van der Waals surface area contributed by atoms with Gasteiger partial charge >= 0.3 is 15.6 Å². The van der Waals surface area contributed by atoms with E-state index in [0.29, 0.717) is 0 Å². The van der Waals surface area contributed by atoms with Crippen molar-refractivity contribution >= 4 is 38.9 Å². The topological polar surface area (TPSA) is 238 Å². The molecule has 0 aromatic carbocycles. The van der Waals surface area contributed by atoms with Crippen LogP contribution >= 0.6 is 15.6 Å². The molecule has 2 aromatic heterocycles. The van der Waals surface area contributed by atoms with E-state index in [2.05, 4.69) is 25.0 Å². The van der Waals surface area contributed by atoms with Gasteiger partial charge in [0, 0.05) is 20.6 Å². The van der Waals surface area contributed by atoms with E-state index >= 15 is 4.39 Å². The number of nitrogens with one attached hydrogen (secondary N) is 1. The standard InChI is InChI=1S/C18H27FN8O10P2/c1-21-6-26(2)18-14-12(28)8(34-18)3-25-38(29,30)36-13-9(4-33-39(31,32)37-14)35-17(10(13)19)27-7-24-11-15(20)22-5-23-16(11)27/h5-10,12-14,17-18,28H,3-4H2,1-2H3,(H,31,32)(H2,20,22,23)(H2,25,29,30). The van der Waals surface area contributed by atoms with Crippen LogP contribution in [0.1, 0.15) is 6.23 Å². The number of nitrogens with two attached hydrogens (primary N) is 1. The van der Waals surface area contributed by atoms with Crippen molar-refractivity contribution < 1.29 is 51.5 Å². The average Bonchev–Trinajstić information content (AvgIpc) is 3.52. The quantitative estimate of drug-likeness (QED) is 0.161. The first-order chi connectivity index (χ1) is 18.4. The predicted molar refractivity (Wildman–Crippen MR) is 129 cm³/mol. The van der Waals surface area contributed by atoms with Gasteiger partial charge in [-0.2, -0.15) is 0 Å². The Morgan fingerprint density at radius 2 is 2.00 bits per heavy atom. The minimum absolute atomic E-state index is 0.0323. The van der Waals surface area contributed by atoms with Crippen LogP contribution in [-0.2, 0) is 32.2 Å². The Hall–Kier alpha value is -2.15. The summed E-state index contributed by atoms with van der Waals surface area (Å²) in [5.74, 6) is 0.0323. The molecule has 0 spiro atoms.